The van der Waals surface area contributed by atoms with Crippen molar-refractivity contribution < 1.29 is 9.90 Å². The minimum absolute atomic E-state index is 0.168. The molecule has 0 saturated heterocycles. The third kappa shape index (κ3) is 3.60. The molecule has 5 heteroatoms. The van der Waals surface area contributed by atoms with Gasteiger partial charge in [0, 0.05) is 11.7 Å². The van der Waals surface area contributed by atoms with Crippen LogP contribution in [0.5, 0.6) is 0 Å². The number of hydrogen-bond donors (Lipinski definition) is 3. The van der Waals surface area contributed by atoms with Gasteiger partial charge in [0.05, 0.1) is 0 Å². The normalized spacial score (nSPS) is 14.5. The summed E-state index contributed by atoms with van der Waals surface area (Å²) in [5.74, 6) is -1.15. The highest BCUT2D eigenvalue weighted by Gasteiger charge is 2.30. The first-order valence-corrected chi connectivity index (χ1v) is 4.53. The van der Waals surface area contributed by atoms with E-state index in [-0.39, 0.29) is 11.7 Å². The summed E-state index contributed by atoms with van der Waals surface area (Å²) in [7, 11) is 0. The lowest BCUT2D eigenvalue weighted by atomic mass is 10.1. The minimum Gasteiger partial charge on any atom is -0.479 e. The second kappa shape index (κ2) is 3.94. The Kier molecular flexibility index (Phi) is 3.85. The molecule has 0 aliphatic rings. The summed E-state index contributed by atoms with van der Waals surface area (Å²) in [6.07, 6.45) is 2.17. The molecule has 0 bridgehead atoms. The fourth-order valence-electron chi connectivity index (χ4n) is 0.646. The van der Waals surface area contributed by atoms with Crippen LogP contribution in [-0.4, -0.2) is 28.2 Å². The summed E-state index contributed by atoms with van der Waals surface area (Å²) in [4.78, 5) is 10.4. The van der Waals surface area contributed by atoms with Crippen molar-refractivity contribution >= 4 is 17.7 Å². The molecule has 0 aromatic carbocycles. The van der Waals surface area contributed by atoms with Crippen LogP contribution in [0.15, 0.2) is 0 Å². The zero-order valence-corrected chi connectivity index (χ0v) is 7.52. The molecule has 4 nitrogen and oxygen atoms in total. The van der Waals surface area contributed by atoms with Crippen molar-refractivity contribution in [3.8, 4) is 0 Å². The van der Waals surface area contributed by atoms with Crippen molar-refractivity contribution in [2.45, 2.75) is 24.3 Å². The molecule has 5 N–H and O–H groups in total. The standard InChI is InChI=1S/C6H14N2O2S/c1-4(11-2)3-6(7,8)5(9)10/h4H,3,7-8H2,1-2H3,(H,9,10). The number of aliphatic carboxylic acids is 1. The summed E-state index contributed by atoms with van der Waals surface area (Å²) in [5, 5.41) is 8.69. The Hall–Kier alpha value is -0.260. The Morgan fingerprint density at radius 3 is 2.45 bits per heavy atom. The molecule has 66 valence electrons. The largest absolute Gasteiger partial charge is 0.479 e. The fourth-order valence-corrected chi connectivity index (χ4v) is 1.09. The smallest absolute Gasteiger partial charge is 0.338 e. The van der Waals surface area contributed by atoms with Crippen LogP contribution in [0.1, 0.15) is 13.3 Å². The van der Waals surface area contributed by atoms with Crippen LogP contribution in [0.3, 0.4) is 0 Å². The van der Waals surface area contributed by atoms with Gasteiger partial charge in [0.15, 0.2) is 5.66 Å². The third-order valence-electron chi connectivity index (χ3n) is 1.43. The molecular formula is C6H14N2O2S. The maximum Gasteiger partial charge on any atom is 0.338 e. The first-order valence-electron chi connectivity index (χ1n) is 3.24. The molecule has 0 aromatic rings. The second-order valence-corrected chi connectivity index (χ2v) is 3.87. The van der Waals surface area contributed by atoms with Gasteiger partial charge in [-0.25, -0.2) is 4.79 Å². The van der Waals surface area contributed by atoms with Crippen LogP contribution >= 0.6 is 11.8 Å². The number of thioether (sulfide) groups is 1. The van der Waals surface area contributed by atoms with E-state index >= 15 is 0 Å². The molecule has 0 aliphatic heterocycles. The summed E-state index contributed by atoms with van der Waals surface area (Å²) in [6, 6.07) is 0. The molecule has 0 radical (unpaired) electrons. The highest BCUT2D eigenvalue weighted by molar-refractivity contribution is 7.99. The molecule has 0 fully saturated rings. The van der Waals surface area contributed by atoms with Crippen LogP contribution in [0.2, 0.25) is 0 Å². The molecule has 0 rings (SSSR count). The average molecular weight is 178 g/mol. The zero-order valence-electron chi connectivity index (χ0n) is 6.70. The van der Waals surface area contributed by atoms with Crippen LogP contribution in [0, 0.1) is 0 Å². The molecule has 11 heavy (non-hydrogen) atoms. The van der Waals surface area contributed by atoms with Gasteiger partial charge >= 0.3 is 5.97 Å². The van der Waals surface area contributed by atoms with Crippen molar-refractivity contribution in [3.63, 3.8) is 0 Å². The first-order chi connectivity index (χ1) is 4.90. The second-order valence-electron chi connectivity index (χ2n) is 2.60. The van der Waals surface area contributed by atoms with Crippen molar-refractivity contribution in [1.29, 1.82) is 0 Å². The summed E-state index contributed by atoms with van der Waals surface area (Å²) >= 11 is 1.55. The van der Waals surface area contributed by atoms with Gasteiger partial charge in [-0.3, -0.25) is 0 Å². The molecule has 0 amide bonds. The Morgan fingerprint density at radius 1 is 1.73 bits per heavy atom. The number of carboxylic acids is 1. The molecule has 1 unspecified atom stereocenters. The van der Waals surface area contributed by atoms with Gasteiger partial charge in [-0.15, -0.1) is 0 Å². The lowest BCUT2D eigenvalue weighted by molar-refractivity contribution is -0.143. The molecule has 1 atom stereocenters. The van der Waals surface area contributed by atoms with E-state index < -0.39 is 11.6 Å². The van der Waals surface area contributed by atoms with Gasteiger partial charge < -0.3 is 16.6 Å². The topological polar surface area (TPSA) is 89.3 Å². The predicted molar refractivity (Wildman–Crippen MR) is 46.3 cm³/mol. The van der Waals surface area contributed by atoms with Crippen LogP contribution in [0.4, 0.5) is 0 Å². The van der Waals surface area contributed by atoms with Crippen molar-refractivity contribution in [3.05, 3.63) is 0 Å². The lowest BCUT2D eigenvalue weighted by Crippen LogP contribution is -2.57. The van der Waals surface area contributed by atoms with Gasteiger partial charge in [0.2, 0.25) is 0 Å². The number of nitrogens with two attached hydrogens (primary N) is 2. The monoisotopic (exact) mass is 178 g/mol. The van der Waals surface area contributed by atoms with E-state index in [2.05, 4.69) is 0 Å². The molecule has 0 spiro atoms. The quantitative estimate of drug-likeness (QED) is 0.520. The van der Waals surface area contributed by atoms with Crippen LogP contribution in [-0.2, 0) is 4.79 Å². The maximum atomic E-state index is 10.4. The van der Waals surface area contributed by atoms with E-state index in [1.165, 1.54) is 0 Å². The van der Waals surface area contributed by atoms with E-state index in [0.717, 1.165) is 0 Å². The maximum absolute atomic E-state index is 10.4. The summed E-state index contributed by atoms with van der Waals surface area (Å²) in [5.41, 5.74) is 9.02. The number of carboxylic acid groups (broad SMARTS) is 1. The number of rotatable bonds is 4. The molecule has 0 aliphatic carbocycles. The third-order valence-corrected chi connectivity index (χ3v) is 2.40. The van der Waals surface area contributed by atoms with Crippen LogP contribution < -0.4 is 11.5 Å². The highest BCUT2D eigenvalue weighted by atomic mass is 32.2. The van der Waals surface area contributed by atoms with E-state index in [0.29, 0.717) is 0 Å². The zero-order chi connectivity index (χ0) is 9.07. The summed E-state index contributed by atoms with van der Waals surface area (Å²) in [6.45, 7) is 1.89. The van der Waals surface area contributed by atoms with Gasteiger partial charge in [0.1, 0.15) is 0 Å². The van der Waals surface area contributed by atoms with E-state index in [1.807, 2.05) is 13.2 Å². The first kappa shape index (κ1) is 10.7. The van der Waals surface area contributed by atoms with Crippen LogP contribution in [0.25, 0.3) is 0 Å². The molecule has 0 aromatic heterocycles. The Labute approximate surface area is 70.3 Å². The van der Waals surface area contributed by atoms with E-state index in [4.69, 9.17) is 16.6 Å². The van der Waals surface area contributed by atoms with Gasteiger partial charge in [-0.2, -0.15) is 11.8 Å². The number of carbonyl (C=O) groups is 1. The molecular weight excluding hydrogens is 164 g/mol. The Morgan fingerprint density at radius 2 is 2.18 bits per heavy atom. The lowest BCUT2D eigenvalue weighted by Gasteiger charge is -2.21. The van der Waals surface area contributed by atoms with Gasteiger partial charge in [-0.1, -0.05) is 6.92 Å². The predicted octanol–water partition coefficient (Wildman–Crippen LogP) is -0.174. The highest BCUT2D eigenvalue weighted by Crippen LogP contribution is 2.14. The van der Waals surface area contributed by atoms with E-state index in [1.54, 1.807) is 11.8 Å². The minimum atomic E-state index is -1.58. The van der Waals surface area contributed by atoms with E-state index in [9.17, 15) is 4.79 Å². The summed E-state index contributed by atoms with van der Waals surface area (Å²) < 4.78 is 0. The number of hydrogen-bond acceptors (Lipinski definition) is 4. The van der Waals surface area contributed by atoms with Crippen molar-refractivity contribution in [2.24, 2.45) is 11.5 Å². The Bertz CT molecular complexity index is 150. The SMILES string of the molecule is CSC(C)CC(N)(N)C(=O)O. The molecule has 0 saturated carbocycles. The van der Waals surface area contributed by atoms with Gasteiger partial charge in [-0.05, 0) is 6.26 Å². The fraction of sp³-hybridized carbons (Fsp3) is 0.833. The average Bonchev–Trinajstić information content (AvgIpc) is 1.86. The molecule has 0 heterocycles. The Balaban J connectivity index is 4.01. The van der Waals surface area contributed by atoms with Crippen molar-refractivity contribution in [2.75, 3.05) is 6.26 Å². The van der Waals surface area contributed by atoms with Gasteiger partial charge in [0.25, 0.3) is 0 Å². The van der Waals surface area contributed by atoms with Crippen molar-refractivity contribution in [1.82, 2.24) is 0 Å².